The van der Waals surface area contributed by atoms with Gasteiger partial charge in [-0.05, 0) is 48.5 Å². The minimum absolute atomic E-state index is 0.0416. The molecule has 0 aliphatic heterocycles. The quantitative estimate of drug-likeness (QED) is 0.358. The van der Waals surface area contributed by atoms with Crippen molar-refractivity contribution in [3.05, 3.63) is 88.7 Å². The average molecular weight is 443 g/mol. The Morgan fingerprint density at radius 3 is 2.56 bits per heavy atom. The van der Waals surface area contributed by atoms with E-state index in [-0.39, 0.29) is 17.2 Å². The lowest BCUT2D eigenvalue weighted by Gasteiger charge is -2.15. The number of amides is 1. The molecule has 0 bridgehead atoms. The molecule has 0 atom stereocenters. The van der Waals surface area contributed by atoms with Crippen LogP contribution in [-0.2, 0) is 4.79 Å². The van der Waals surface area contributed by atoms with Crippen LogP contribution in [0.3, 0.4) is 0 Å². The molecule has 1 aromatic heterocycles. The summed E-state index contributed by atoms with van der Waals surface area (Å²) in [6, 6.07) is 22.9. The molecule has 0 aliphatic carbocycles. The number of para-hydroxylation sites is 3. The molecule has 0 aliphatic rings. The highest BCUT2D eigenvalue weighted by atomic mass is 32.2. The molecule has 3 aromatic carbocycles. The van der Waals surface area contributed by atoms with Crippen LogP contribution in [0, 0.1) is 11.3 Å². The number of hydrogen-bond acceptors (Lipinski definition) is 6. The van der Waals surface area contributed by atoms with Crippen molar-refractivity contribution in [3.63, 3.8) is 0 Å². The summed E-state index contributed by atoms with van der Waals surface area (Å²) in [5.74, 6) is 0.309. The number of carbonyl (C=O) groups is 1. The molecular formula is C24H18N4O3S. The summed E-state index contributed by atoms with van der Waals surface area (Å²) in [7, 11) is 1.54. The molecule has 32 heavy (non-hydrogen) atoms. The first-order chi connectivity index (χ1) is 15.6. The van der Waals surface area contributed by atoms with Crippen molar-refractivity contribution in [1.29, 1.82) is 5.26 Å². The van der Waals surface area contributed by atoms with E-state index in [9.17, 15) is 9.59 Å². The molecule has 0 radical (unpaired) electrons. The summed E-state index contributed by atoms with van der Waals surface area (Å²) >= 11 is 1.16. The third-order valence-electron chi connectivity index (χ3n) is 4.70. The Bertz CT molecular complexity index is 1390. The molecule has 158 valence electrons. The van der Waals surface area contributed by atoms with Gasteiger partial charge in [-0.25, -0.2) is 4.98 Å². The maximum atomic E-state index is 13.3. The molecule has 0 unspecified atom stereocenters. The van der Waals surface area contributed by atoms with Gasteiger partial charge in [0.2, 0.25) is 5.91 Å². The standard InChI is InChI=1S/C24H18N4O3S/c1-31-21-9-5-4-8-20(21)28-23(30)18-6-2-3-7-19(18)27-24(28)32-15-22(29)26-17-12-10-16(14-25)11-13-17/h2-13H,15H2,1H3,(H,26,29). The van der Waals surface area contributed by atoms with Crippen LogP contribution in [0.15, 0.2) is 82.7 Å². The summed E-state index contributed by atoms with van der Waals surface area (Å²) in [6.45, 7) is 0. The van der Waals surface area contributed by atoms with Crippen LogP contribution in [0.5, 0.6) is 5.75 Å². The minimum Gasteiger partial charge on any atom is -0.495 e. The van der Waals surface area contributed by atoms with Crippen LogP contribution in [-0.4, -0.2) is 28.3 Å². The van der Waals surface area contributed by atoms with Gasteiger partial charge in [0, 0.05) is 5.69 Å². The molecule has 4 aromatic rings. The van der Waals surface area contributed by atoms with Gasteiger partial charge in [0.05, 0.1) is 41.1 Å². The van der Waals surface area contributed by atoms with Gasteiger partial charge in [-0.3, -0.25) is 14.2 Å². The summed E-state index contributed by atoms with van der Waals surface area (Å²) in [6.07, 6.45) is 0. The van der Waals surface area contributed by atoms with E-state index in [1.807, 2.05) is 24.3 Å². The highest BCUT2D eigenvalue weighted by Gasteiger charge is 2.17. The first-order valence-electron chi connectivity index (χ1n) is 9.68. The van der Waals surface area contributed by atoms with Crippen molar-refractivity contribution in [3.8, 4) is 17.5 Å². The third kappa shape index (κ3) is 4.33. The first kappa shape index (κ1) is 21.2. The zero-order valence-electron chi connectivity index (χ0n) is 17.1. The number of ether oxygens (including phenoxy) is 1. The molecule has 1 amide bonds. The maximum absolute atomic E-state index is 13.3. The summed E-state index contributed by atoms with van der Waals surface area (Å²) in [5.41, 5.74) is 1.96. The van der Waals surface area contributed by atoms with Crippen molar-refractivity contribution in [1.82, 2.24) is 9.55 Å². The number of nitrogens with zero attached hydrogens (tertiary/aromatic N) is 3. The average Bonchev–Trinajstić information content (AvgIpc) is 2.83. The number of anilines is 1. The second kappa shape index (κ2) is 9.37. The molecule has 0 fully saturated rings. The predicted molar refractivity (Wildman–Crippen MR) is 124 cm³/mol. The fourth-order valence-corrected chi connectivity index (χ4v) is 4.00. The fraction of sp³-hybridized carbons (Fsp3) is 0.0833. The van der Waals surface area contributed by atoms with E-state index < -0.39 is 0 Å². The van der Waals surface area contributed by atoms with Crippen molar-refractivity contribution in [2.24, 2.45) is 0 Å². The van der Waals surface area contributed by atoms with E-state index in [4.69, 9.17) is 10.00 Å². The maximum Gasteiger partial charge on any atom is 0.266 e. The molecular weight excluding hydrogens is 424 g/mol. The van der Waals surface area contributed by atoms with E-state index >= 15 is 0 Å². The normalized spacial score (nSPS) is 10.5. The van der Waals surface area contributed by atoms with Gasteiger partial charge < -0.3 is 10.1 Å². The van der Waals surface area contributed by atoms with Crippen LogP contribution < -0.4 is 15.6 Å². The Morgan fingerprint density at radius 2 is 1.81 bits per heavy atom. The van der Waals surface area contributed by atoms with Gasteiger partial charge in [0.15, 0.2) is 5.16 Å². The molecule has 1 N–H and O–H groups in total. The number of aromatic nitrogens is 2. The molecule has 1 heterocycles. The SMILES string of the molecule is COc1ccccc1-n1c(SCC(=O)Nc2ccc(C#N)cc2)nc2ccccc2c1=O. The largest absolute Gasteiger partial charge is 0.495 e. The number of nitrogens with one attached hydrogen (secondary N) is 1. The third-order valence-corrected chi connectivity index (χ3v) is 5.64. The van der Waals surface area contributed by atoms with Gasteiger partial charge in [0.25, 0.3) is 5.56 Å². The second-order valence-electron chi connectivity index (χ2n) is 6.75. The first-order valence-corrected chi connectivity index (χ1v) is 10.7. The number of hydrogen-bond donors (Lipinski definition) is 1. The van der Waals surface area contributed by atoms with Gasteiger partial charge in [-0.15, -0.1) is 0 Å². The topological polar surface area (TPSA) is 97.0 Å². The lowest BCUT2D eigenvalue weighted by atomic mass is 10.2. The number of benzene rings is 3. The highest BCUT2D eigenvalue weighted by Crippen LogP contribution is 2.27. The zero-order chi connectivity index (χ0) is 22.5. The Labute approximate surface area is 188 Å². The molecule has 8 heteroatoms. The van der Waals surface area contributed by atoms with Crippen LogP contribution in [0.1, 0.15) is 5.56 Å². The number of carbonyl (C=O) groups excluding carboxylic acids is 1. The van der Waals surface area contributed by atoms with Crippen molar-refractivity contribution in [2.75, 3.05) is 18.2 Å². The van der Waals surface area contributed by atoms with E-state index in [2.05, 4.69) is 10.3 Å². The van der Waals surface area contributed by atoms with Crippen LogP contribution >= 0.6 is 11.8 Å². The van der Waals surface area contributed by atoms with Crippen LogP contribution in [0.2, 0.25) is 0 Å². The predicted octanol–water partition coefficient (Wildman–Crippen LogP) is 4.00. The molecule has 4 rings (SSSR count). The Kier molecular flexibility index (Phi) is 6.19. The molecule has 0 spiro atoms. The minimum atomic E-state index is -0.256. The monoisotopic (exact) mass is 442 g/mol. The van der Waals surface area contributed by atoms with E-state index in [1.165, 1.54) is 11.7 Å². The number of nitriles is 1. The summed E-state index contributed by atoms with van der Waals surface area (Å²) in [4.78, 5) is 30.5. The number of fused-ring (bicyclic) bond motifs is 1. The Morgan fingerprint density at radius 1 is 1.09 bits per heavy atom. The van der Waals surface area contributed by atoms with Crippen molar-refractivity contribution >= 4 is 34.3 Å². The van der Waals surface area contributed by atoms with E-state index in [0.717, 1.165) is 11.8 Å². The summed E-state index contributed by atoms with van der Waals surface area (Å²) in [5, 5.41) is 12.5. The molecule has 0 saturated heterocycles. The van der Waals surface area contributed by atoms with Gasteiger partial charge in [0.1, 0.15) is 5.75 Å². The van der Waals surface area contributed by atoms with Crippen molar-refractivity contribution in [2.45, 2.75) is 5.16 Å². The second-order valence-corrected chi connectivity index (χ2v) is 7.69. The van der Waals surface area contributed by atoms with Crippen molar-refractivity contribution < 1.29 is 9.53 Å². The fourth-order valence-electron chi connectivity index (χ4n) is 3.19. The Hall–Kier alpha value is -4.09. The van der Waals surface area contributed by atoms with Gasteiger partial charge >= 0.3 is 0 Å². The smallest absolute Gasteiger partial charge is 0.266 e. The Balaban J connectivity index is 1.67. The van der Waals surface area contributed by atoms with Gasteiger partial charge in [-0.1, -0.05) is 36.0 Å². The number of thioether (sulfide) groups is 1. The van der Waals surface area contributed by atoms with Crippen LogP contribution in [0.25, 0.3) is 16.6 Å². The van der Waals surface area contributed by atoms with E-state index in [1.54, 1.807) is 54.6 Å². The highest BCUT2D eigenvalue weighted by molar-refractivity contribution is 7.99. The number of rotatable bonds is 6. The van der Waals surface area contributed by atoms with Gasteiger partial charge in [-0.2, -0.15) is 5.26 Å². The molecule has 7 nitrogen and oxygen atoms in total. The van der Waals surface area contributed by atoms with Crippen LogP contribution in [0.4, 0.5) is 5.69 Å². The lowest BCUT2D eigenvalue weighted by Crippen LogP contribution is -2.23. The zero-order valence-corrected chi connectivity index (χ0v) is 17.9. The van der Waals surface area contributed by atoms with E-state index in [0.29, 0.717) is 38.7 Å². The molecule has 0 saturated carbocycles. The lowest BCUT2D eigenvalue weighted by molar-refractivity contribution is -0.113. The summed E-state index contributed by atoms with van der Waals surface area (Å²) < 4.78 is 6.92. The number of methoxy groups -OCH3 is 1.